The summed E-state index contributed by atoms with van der Waals surface area (Å²) in [5.74, 6) is 0.335. The van der Waals surface area contributed by atoms with E-state index in [1.165, 1.54) is 180 Å². The molecule has 0 aliphatic carbocycles. The van der Waals surface area contributed by atoms with Crippen molar-refractivity contribution in [1.29, 1.82) is 0 Å². The maximum absolute atomic E-state index is 14.0. The zero-order valence-electron chi connectivity index (χ0n) is 39.4. The standard InChI is InChI=1S/C51H97O5P/c1-9-11-13-15-17-19-21-23-25-27-29-31-33-35-37-39-41-54-57(53,56-45-46-43-47(50(3,4)5)49(52)48(44-46)51(6,7)8)55-42-40-38-36-34-32-30-28-26-24-22-20-18-16-14-12-10-2/h43-44,52H,9-42,45H2,1-8H3. The molecule has 0 aliphatic heterocycles. The highest BCUT2D eigenvalue weighted by atomic mass is 31.2. The molecular weight excluding hydrogens is 724 g/mol. The van der Waals surface area contributed by atoms with Crippen molar-refractivity contribution in [3.63, 3.8) is 0 Å². The SMILES string of the molecule is CCCCCCCCCCCCCCCCCCOP(=O)(OCCCCCCCCCCCCCCCCCC)OCc1cc(C(C)(C)C)c(O)c(C(C)(C)C)c1. The molecule has 1 rings (SSSR count). The third-order valence-electron chi connectivity index (χ3n) is 11.7. The van der Waals surface area contributed by atoms with E-state index >= 15 is 0 Å². The van der Waals surface area contributed by atoms with Gasteiger partial charge in [-0.05, 0) is 52.5 Å². The first kappa shape index (κ1) is 54.1. The van der Waals surface area contributed by atoms with E-state index in [4.69, 9.17) is 13.6 Å². The Morgan fingerprint density at radius 3 is 0.912 bits per heavy atom. The van der Waals surface area contributed by atoms with Crippen LogP contribution in [0.3, 0.4) is 0 Å². The average Bonchev–Trinajstić information content (AvgIpc) is 3.16. The zero-order chi connectivity index (χ0) is 42.1. The van der Waals surface area contributed by atoms with Crippen LogP contribution in [0.5, 0.6) is 5.75 Å². The van der Waals surface area contributed by atoms with Gasteiger partial charge in [-0.3, -0.25) is 13.6 Å². The van der Waals surface area contributed by atoms with Crippen LogP contribution >= 0.6 is 7.82 Å². The number of rotatable bonds is 39. The van der Waals surface area contributed by atoms with Crippen LogP contribution in [0.1, 0.15) is 278 Å². The lowest BCUT2D eigenvalue weighted by Gasteiger charge is -2.28. The molecule has 1 aromatic rings. The van der Waals surface area contributed by atoms with Gasteiger partial charge >= 0.3 is 7.82 Å². The Morgan fingerprint density at radius 1 is 0.421 bits per heavy atom. The number of hydrogen-bond donors (Lipinski definition) is 1. The lowest BCUT2D eigenvalue weighted by molar-refractivity contribution is 0.105. The summed E-state index contributed by atoms with van der Waals surface area (Å²) in [6.07, 6.45) is 42.0. The van der Waals surface area contributed by atoms with Crippen LogP contribution in [0.4, 0.5) is 0 Å². The molecule has 0 bridgehead atoms. The highest BCUT2D eigenvalue weighted by Crippen LogP contribution is 2.51. The van der Waals surface area contributed by atoms with E-state index in [1.54, 1.807) is 0 Å². The predicted molar refractivity (Wildman–Crippen MR) is 249 cm³/mol. The largest absolute Gasteiger partial charge is 0.507 e. The van der Waals surface area contributed by atoms with Crippen molar-refractivity contribution in [1.82, 2.24) is 0 Å². The molecule has 6 heteroatoms. The number of benzene rings is 1. The lowest BCUT2D eigenvalue weighted by Crippen LogP contribution is -2.18. The molecule has 1 aromatic carbocycles. The second-order valence-corrected chi connectivity index (χ2v) is 21.2. The predicted octanol–water partition coefficient (Wildman–Crippen LogP) is 18.2. The fourth-order valence-corrected chi connectivity index (χ4v) is 9.08. The summed E-state index contributed by atoms with van der Waals surface area (Å²) >= 11 is 0. The number of phenolic OH excluding ortho intramolecular Hbond substituents is 1. The molecule has 0 radical (unpaired) electrons. The highest BCUT2D eigenvalue weighted by Gasteiger charge is 2.30. The average molecular weight is 821 g/mol. The number of aromatic hydroxyl groups is 1. The van der Waals surface area contributed by atoms with Gasteiger partial charge in [0, 0.05) is 0 Å². The summed E-state index contributed by atoms with van der Waals surface area (Å²) in [5, 5.41) is 11.2. The van der Waals surface area contributed by atoms with Crippen molar-refractivity contribution in [3.05, 3.63) is 28.8 Å². The Labute approximate surface area is 356 Å². The molecule has 0 saturated heterocycles. The molecule has 0 aromatic heterocycles. The van der Waals surface area contributed by atoms with Crippen LogP contribution < -0.4 is 0 Å². The second kappa shape index (κ2) is 33.8. The Kier molecular flexibility index (Phi) is 32.1. The number of phosphoric acid groups is 1. The fraction of sp³-hybridized carbons (Fsp3) is 0.882. The molecule has 0 aliphatic rings. The first-order chi connectivity index (χ1) is 27.3. The van der Waals surface area contributed by atoms with Crippen molar-refractivity contribution < 1.29 is 23.2 Å². The van der Waals surface area contributed by atoms with Crippen LogP contribution in [-0.4, -0.2) is 18.3 Å². The maximum atomic E-state index is 14.0. The number of unbranched alkanes of at least 4 members (excludes halogenated alkanes) is 30. The van der Waals surface area contributed by atoms with Gasteiger partial charge in [0.05, 0.1) is 19.8 Å². The molecule has 0 unspecified atom stereocenters. The smallest absolute Gasteiger partial charge is 0.475 e. The molecule has 0 amide bonds. The third-order valence-corrected chi connectivity index (χ3v) is 13.1. The summed E-state index contributed by atoms with van der Waals surface area (Å²) in [5.41, 5.74) is 2.10. The molecule has 0 atom stereocenters. The second-order valence-electron chi connectivity index (χ2n) is 19.5. The number of phenols is 1. The highest BCUT2D eigenvalue weighted by molar-refractivity contribution is 7.48. The molecule has 0 fully saturated rings. The lowest BCUT2D eigenvalue weighted by atomic mass is 9.78. The van der Waals surface area contributed by atoms with E-state index in [-0.39, 0.29) is 17.4 Å². The van der Waals surface area contributed by atoms with E-state index in [2.05, 4.69) is 55.4 Å². The Morgan fingerprint density at radius 2 is 0.667 bits per heavy atom. The third kappa shape index (κ3) is 29.1. The Bertz CT molecular complexity index is 1040. The maximum Gasteiger partial charge on any atom is 0.475 e. The molecule has 0 saturated carbocycles. The van der Waals surface area contributed by atoms with E-state index < -0.39 is 7.82 Å². The molecule has 1 N–H and O–H groups in total. The van der Waals surface area contributed by atoms with Gasteiger partial charge in [-0.25, -0.2) is 4.57 Å². The topological polar surface area (TPSA) is 65.0 Å². The van der Waals surface area contributed by atoms with Gasteiger partial charge in [-0.2, -0.15) is 0 Å². The van der Waals surface area contributed by atoms with Crippen LogP contribution in [-0.2, 0) is 35.6 Å². The van der Waals surface area contributed by atoms with Gasteiger partial charge in [0.25, 0.3) is 0 Å². The van der Waals surface area contributed by atoms with Gasteiger partial charge in [0.2, 0.25) is 0 Å². The van der Waals surface area contributed by atoms with Crippen molar-refractivity contribution >= 4 is 7.82 Å². The summed E-state index contributed by atoms with van der Waals surface area (Å²) in [4.78, 5) is 0. The summed E-state index contributed by atoms with van der Waals surface area (Å²) in [6, 6.07) is 3.97. The Balaban J connectivity index is 2.47. The quantitative estimate of drug-likeness (QED) is 0.0529. The van der Waals surface area contributed by atoms with Crippen molar-refractivity contribution in [2.24, 2.45) is 0 Å². The van der Waals surface area contributed by atoms with E-state index in [1.807, 2.05) is 12.1 Å². The molecule has 0 spiro atoms. The molecular formula is C51H97O5P. The fourth-order valence-electron chi connectivity index (χ4n) is 7.84. The summed E-state index contributed by atoms with van der Waals surface area (Å²) in [6.45, 7) is 18.1. The van der Waals surface area contributed by atoms with Gasteiger partial charge in [-0.15, -0.1) is 0 Å². The molecule has 5 nitrogen and oxygen atoms in total. The molecule has 336 valence electrons. The molecule has 57 heavy (non-hydrogen) atoms. The summed E-state index contributed by atoms with van der Waals surface area (Å²) < 4.78 is 32.1. The van der Waals surface area contributed by atoms with Gasteiger partial charge in [0.15, 0.2) is 0 Å². The first-order valence-electron chi connectivity index (χ1n) is 24.7. The monoisotopic (exact) mass is 821 g/mol. The van der Waals surface area contributed by atoms with Gasteiger partial charge < -0.3 is 5.11 Å². The van der Waals surface area contributed by atoms with Gasteiger partial charge in [0.1, 0.15) is 5.75 Å². The minimum absolute atomic E-state index is 0.113. The summed E-state index contributed by atoms with van der Waals surface area (Å²) in [7, 11) is -3.75. The zero-order valence-corrected chi connectivity index (χ0v) is 40.3. The molecule has 0 heterocycles. The number of phosphoric ester groups is 1. The van der Waals surface area contributed by atoms with Crippen molar-refractivity contribution in [2.75, 3.05) is 13.2 Å². The number of hydrogen-bond acceptors (Lipinski definition) is 5. The van der Waals surface area contributed by atoms with Crippen molar-refractivity contribution in [3.8, 4) is 5.75 Å². The van der Waals surface area contributed by atoms with Crippen LogP contribution in [0.15, 0.2) is 12.1 Å². The normalized spacial score (nSPS) is 12.6. The van der Waals surface area contributed by atoms with E-state index in [0.717, 1.165) is 42.4 Å². The van der Waals surface area contributed by atoms with E-state index in [0.29, 0.717) is 19.0 Å². The van der Waals surface area contributed by atoms with Crippen LogP contribution in [0.2, 0.25) is 0 Å². The minimum Gasteiger partial charge on any atom is -0.507 e. The van der Waals surface area contributed by atoms with Gasteiger partial charge in [-0.1, -0.05) is 248 Å². The first-order valence-corrected chi connectivity index (χ1v) is 26.2. The van der Waals surface area contributed by atoms with E-state index in [9.17, 15) is 9.67 Å². The van der Waals surface area contributed by atoms with Crippen LogP contribution in [0, 0.1) is 0 Å². The minimum atomic E-state index is -3.75. The Hall–Kier alpha value is -0.870. The van der Waals surface area contributed by atoms with Crippen LogP contribution in [0.25, 0.3) is 0 Å². The van der Waals surface area contributed by atoms with Crippen molar-refractivity contribution in [2.45, 2.75) is 278 Å².